The van der Waals surface area contributed by atoms with Gasteiger partial charge in [0.25, 0.3) is 0 Å². The predicted molar refractivity (Wildman–Crippen MR) is 65.5 cm³/mol. The maximum Gasteiger partial charge on any atom is 0.151 e. The number of hydrogen-bond donors (Lipinski definition) is 2. The Kier molecular flexibility index (Phi) is 3.15. The van der Waals surface area contributed by atoms with Gasteiger partial charge in [-0.1, -0.05) is 17.7 Å². The van der Waals surface area contributed by atoms with Crippen LogP contribution in [0.2, 0.25) is 5.02 Å². The van der Waals surface area contributed by atoms with Gasteiger partial charge >= 0.3 is 0 Å². The highest BCUT2D eigenvalue weighted by molar-refractivity contribution is 6.33. The second-order valence-electron chi connectivity index (χ2n) is 3.49. The topological polar surface area (TPSA) is 38.0 Å². The molecule has 0 fully saturated rings. The van der Waals surface area contributed by atoms with Crippen molar-refractivity contribution in [2.24, 2.45) is 0 Å². The number of rotatable bonds is 2. The average Bonchev–Trinajstić information content (AvgIpc) is 2.23. The molecule has 0 heterocycles. The van der Waals surface area contributed by atoms with E-state index in [1.165, 1.54) is 0 Å². The van der Waals surface area contributed by atoms with Crippen LogP contribution in [-0.4, -0.2) is 0 Å². The van der Waals surface area contributed by atoms with Crippen LogP contribution in [0.25, 0.3) is 0 Å². The van der Waals surface area contributed by atoms with Crippen LogP contribution in [-0.2, 0) is 0 Å². The Morgan fingerprint density at radius 2 is 1.88 bits per heavy atom. The standard InChI is InChI=1S/C12H9ClF2N2/c13-10-4-7(14)5-11(15)12(10)17-9-3-1-2-8(16)6-9/h1-6,17H,16H2. The molecule has 0 unspecified atom stereocenters. The first-order valence-electron chi connectivity index (χ1n) is 4.83. The van der Waals surface area contributed by atoms with Gasteiger partial charge in [0.1, 0.15) is 5.82 Å². The van der Waals surface area contributed by atoms with Crippen LogP contribution in [0.15, 0.2) is 36.4 Å². The summed E-state index contributed by atoms with van der Waals surface area (Å²) in [5.74, 6) is -1.47. The van der Waals surface area contributed by atoms with Gasteiger partial charge in [-0.3, -0.25) is 0 Å². The fourth-order valence-electron chi connectivity index (χ4n) is 1.42. The molecule has 88 valence electrons. The second-order valence-corrected chi connectivity index (χ2v) is 3.90. The van der Waals surface area contributed by atoms with Gasteiger partial charge < -0.3 is 11.1 Å². The molecular formula is C12H9ClF2N2. The lowest BCUT2D eigenvalue weighted by molar-refractivity contribution is 0.586. The number of nitrogens with two attached hydrogens (primary N) is 1. The Labute approximate surface area is 102 Å². The summed E-state index contributed by atoms with van der Waals surface area (Å²) >= 11 is 5.75. The molecular weight excluding hydrogens is 246 g/mol. The first-order valence-corrected chi connectivity index (χ1v) is 5.21. The molecule has 0 saturated heterocycles. The van der Waals surface area contributed by atoms with E-state index in [0.717, 1.165) is 12.1 Å². The molecule has 0 saturated carbocycles. The fourth-order valence-corrected chi connectivity index (χ4v) is 1.66. The molecule has 3 N–H and O–H groups in total. The molecule has 0 aromatic heterocycles. The van der Waals surface area contributed by atoms with E-state index in [9.17, 15) is 8.78 Å². The molecule has 2 nitrogen and oxygen atoms in total. The molecule has 2 rings (SSSR count). The highest BCUT2D eigenvalue weighted by Gasteiger charge is 2.10. The lowest BCUT2D eigenvalue weighted by Crippen LogP contribution is -1.96. The highest BCUT2D eigenvalue weighted by atomic mass is 35.5. The maximum absolute atomic E-state index is 13.5. The summed E-state index contributed by atoms with van der Waals surface area (Å²) in [4.78, 5) is 0. The molecule has 0 amide bonds. The van der Waals surface area contributed by atoms with Crippen molar-refractivity contribution in [3.63, 3.8) is 0 Å². The number of nitrogens with one attached hydrogen (secondary N) is 1. The summed E-state index contributed by atoms with van der Waals surface area (Å²) in [5, 5.41) is 2.73. The Morgan fingerprint density at radius 1 is 1.12 bits per heavy atom. The molecule has 5 heteroatoms. The van der Waals surface area contributed by atoms with Crippen molar-refractivity contribution in [1.29, 1.82) is 0 Å². The quantitative estimate of drug-likeness (QED) is 0.797. The molecule has 0 bridgehead atoms. The average molecular weight is 255 g/mol. The van der Waals surface area contributed by atoms with Gasteiger partial charge in [-0.05, 0) is 24.3 Å². The zero-order valence-corrected chi connectivity index (χ0v) is 9.43. The van der Waals surface area contributed by atoms with E-state index in [-0.39, 0.29) is 10.7 Å². The number of nitrogen functional groups attached to an aromatic ring is 1. The van der Waals surface area contributed by atoms with E-state index in [4.69, 9.17) is 17.3 Å². The Hall–Kier alpha value is -1.81. The van der Waals surface area contributed by atoms with Crippen LogP contribution < -0.4 is 11.1 Å². The molecule has 0 spiro atoms. The van der Waals surface area contributed by atoms with Crippen molar-refractivity contribution in [2.45, 2.75) is 0 Å². The summed E-state index contributed by atoms with van der Waals surface area (Å²) in [6.45, 7) is 0. The zero-order valence-electron chi connectivity index (χ0n) is 8.68. The lowest BCUT2D eigenvalue weighted by atomic mass is 10.2. The van der Waals surface area contributed by atoms with E-state index in [2.05, 4.69) is 5.32 Å². The van der Waals surface area contributed by atoms with Crippen LogP contribution in [0.3, 0.4) is 0 Å². The fraction of sp³-hybridized carbons (Fsp3) is 0. The van der Waals surface area contributed by atoms with E-state index in [1.54, 1.807) is 24.3 Å². The van der Waals surface area contributed by atoms with Crippen molar-refractivity contribution in [1.82, 2.24) is 0 Å². The predicted octanol–water partition coefficient (Wildman–Crippen LogP) is 3.94. The molecule has 17 heavy (non-hydrogen) atoms. The molecule has 0 radical (unpaired) electrons. The van der Waals surface area contributed by atoms with Crippen LogP contribution >= 0.6 is 11.6 Å². The van der Waals surface area contributed by atoms with Crippen molar-refractivity contribution in [3.05, 3.63) is 53.1 Å². The minimum Gasteiger partial charge on any atom is -0.399 e. The SMILES string of the molecule is Nc1cccc(Nc2c(F)cc(F)cc2Cl)c1. The van der Waals surface area contributed by atoms with Gasteiger partial charge in [0, 0.05) is 17.4 Å². The summed E-state index contributed by atoms with van der Waals surface area (Å²) < 4.78 is 26.3. The Bertz CT molecular complexity index is 535. The maximum atomic E-state index is 13.5. The summed E-state index contributed by atoms with van der Waals surface area (Å²) in [7, 11) is 0. The third-order valence-corrected chi connectivity index (χ3v) is 2.46. The van der Waals surface area contributed by atoms with Crippen LogP contribution in [0.5, 0.6) is 0 Å². The van der Waals surface area contributed by atoms with Gasteiger partial charge in [0.2, 0.25) is 0 Å². The molecule has 2 aromatic carbocycles. The van der Waals surface area contributed by atoms with Crippen molar-refractivity contribution in [3.8, 4) is 0 Å². The van der Waals surface area contributed by atoms with Crippen molar-refractivity contribution >= 4 is 28.7 Å². The van der Waals surface area contributed by atoms with Crippen LogP contribution in [0.4, 0.5) is 25.8 Å². The third kappa shape index (κ3) is 2.65. The van der Waals surface area contributed by atoms with Crippen molar-refractivity contribution < 1.29 is 8.78 Å². The summed E-state index contributed by atoms with van der Waals surface area (Å²) in [5.41, 5.74) is 6.73. The minimum absolute atomic E-state index is 0.0232. The molecule has 0 aliphatic rings. The van der Waals surface area contributed by atoms with Gasteiger partial charge in [-0.15, -0.1) is 0 Å². The zero-order chi connectivity index (χ0) is 12.4. The minimum atomic E-state index is -0.752. The largest absolute Gasteiger partial charge is 0.399 e. The normalized spacial score (nSPS) is 10.3. The number of halogens is 3. The molecule has 0 atom stereocenters. The lowest BCUT2D eigenvalue weighted by Gasteiger charge is -2.10. The smallest absolute Gasteiger partial charge is 0.151 e. The van der Waals surface area contributed by atoms with Crippen LogP contribution in [0.1, 0.15) is 0 Å². The van der Waals surface area contributed by atoms with Gasteiger partial charge in [0.15, 0.2) is 5.82 Å². The monoisotopic (exact) mass is 254 g/mol. The van der Waals surface area contributed by atoms with E-state index < -0.39 is 11.6 Å². The van der Waals surface area contributed by atoms with E-state index in [0.29, 0.717) is 11.4 Å². The van der Waals surface area contributed by atoms with Gasteiger partial charge in [-0.2, -0.15) is 0 Å². The Morgan fingerprint density at radius 3 is 2.53 bits per heavy atom. The highest BCUT2D eigenvalue weighted by Crippen LogP contribution is 2.29. The van der Waals surface area contributed by atoms with Gasteiger partial charge in [0.05, 0.1) is 10.7 Å². The number of hydrogen-bond acceptors (Lipinski definition) is 2. The molecule has 2 aromatic rings. The van der Waals surface area contributed by atoms with Crippen LogP contribution in [0, 0.1) is 11.6 Å². The summed E-state index contributed by atoms with van der Waals surface area (Å²) in [6.07, 6.45) is 0. The molecule has 0 aliphatic carbocycles. The van der Waals surface area contributed by atoms with E-state index >= 15 is 0 Å². The second kappa shape index (κ2) is 4.59. The molecule has 0 aliphatic heterocycles. The Balaban J connectivity index is 2.36. The first kappa shape index (κ1) is 11.7. The number of anilines is 3. The van der Waals surface area contributed by atoms with Gasteiger partial charge in [-0.25, -0.2) is 8.78 Å². The first-order chi connectivity index (χ1) is 8.06. The summed E-state index contributed by atoms with van der Waals surface area (Å²) in [6, 6.07) is 8.55. The van der Waals surface area contributed by atoms with E-state index in [1.807, 2.05) is 0 Å². The number of benzene rings is 2. The third-order valence-electron chi connectivity index (χ3n) is 2.16. The van der Waals surface area contributed by atoms with Crippen molar-refractivity contribution in [2.75, 3.05) is 11.1 Å².